The molecule has 2 aromatic rings. The molecule has 2 nitrogen and oxygen atoms in total. The third-order valence-corrected chi connectivity index (χ3v) is 5.13. The van der Waals surface area contributed by atoms with Gasteiger partial charge in [0.2, 0.25) is 0 Å². The van der Waals surface area contributed by atoms with Gasteiger partial charge < -0.3 is 4.98 Å². The second-order valence-electron chi connectivity index (χ2n) is 6.50. The van der Waals surface area contributed by atoms with Gasteiger partial charge >= 0.3 is 0 Å². The first-order chi connectivity index (χ1) is 10.3. The summed E-state index contributed by atoms with van der Waals surface area (Å²) in [6.07, 6.45) is 7.12. The van der Waals surface area contributed by atoms with Gasteiger partial charge in [0.25, 0.3) is 0 Å². The smallest absolute Gasteiger partial charge is 0.0456 e. The molecule has 1 aliphatic rings. The first kappa shape index (κ1) is 14.6. The van der Waals surface area contributed by atoms with E-state index in [4.69, 9.17) is 0 Å². The summed E-state index contributed by atoms with van der Waals surface area (Å²) in [6, 6.07) is 7.59. The van der Waals surface area contributed by atoms with Crippen molar-refractivity contribution in [1.29, 1.82) is 0 Å². The molecule has 0 amide bonds. The SMILES string of the molecule is CCCN(CCC)C1CCc2c(ccc3[nH]ccc23)C1C. The Morgan fingerprint density at radius 1 is 1.14 bits per heavy atom. The van der Waals surface area contributed by atoms with Crippen LogP contribution in [0.25, 0.3) is 10.9 Å². The quantitative estimate of drug-likeness (QED) is 0.842. The van der Waals surface area contributed by atoms with Crippen LogP contribution in [0.1, 0.15) is 57.1 Å². The van der Waals surface area contributed by atoms with Crippen LogP contribution in [0.3, 0.4) is 0 Å². The molecule has 0 spiro atoms. The maximum atomic E-state index is 3.35. The number of H-pyrrole nitrogens is 1. The maximum absolute atomic E-state index is 3.35. The molecule has 114 valence electrons. The molecule has 0 fully saturated rings. The number of aromatic amines is 1. The van der Waals surface area contributed by atoms with E-state index in [0.717, 1.165) is 0 Å². The molecular weight excluding hydrogens is 256 g/mol. The van der Waals surface area contributed by atoms with Gasteiger partial charge in [-0.15, -0.1) is 0 Å². The van der Waals surface area contributed by atoms with Crippen molar-refractivity contribution in [3.05, 3.63) is 35.5 Å². The largest absolute Gasteiger partial charge is 0.361 e. The Hall–Kier alpha value is -1.28. The van der Waals surface area contributed by atoms with Crippen molar-refractivity contribution in [2.24, 2.45) is 0 Å². The summed E-state index contributed by atoms with van der Waals surface area (Å²) < 4.78 is 0. The summed E-state index contributed by atoms with van der Waals surface area (Å²) in [5, 5.41) is 1.44. The van der Waals surface area contributed by atoms with Gasteiger partial charge in [0.1, 0.15) is 0 Å². The number of benzene rings is 1. The van der Waals surface area contributed by atoms with Crippen LogP contribution in [0.15, 0.2) is 24.4 Å². The molecule has 21 heavy (non-hydrogen) atoms. The van der Waals surface area contributed by atoms with Crippen molar-refractivity contribution in [3.63, 3.8) is 0 Å². The molecule has 3 rings (SSSR count). The monoisotopic (exact) mass is 284 g/mol. The predicted molar refractivity (Wildman–Crippen MR) is 91.0 cm³/mol. The van der Waals surface area contributed by atoms with E-state index in [1.807, 2.05) is 0 Å². The molecule has 1 aliphatic carbocycles. The molecule has 0 saturated carbocycles. The fourth-order valence-corrected chi connectivity index (χ4v) is 4.18. The number of hydrogen-bond donors (Lipinski definition) is 1. The molecule has 2 atom stereocenters. The zero-order valence-corrected chi connectivity index (χ0v) is 13.7. The van der Waals surface area contributed by atoms with Crippen LogP contribution in [0.4, 0.5) is 0 Å². The maximum Gasteiger partial charge on any atom is 0.0456 e. The summed E-state index contributed by atoms with van der Waals surface area (Å²) in [5.74, 6) is 0.645. The lowest BCUT2D eigenvalue weighted by atomic mass is 9.78. The minimum atomic E-state index is 0.645. The number of hydrogen-bond acceptors (Lipinski definition) is 1. The first-order valence-electron chi connectivity index (χ1n) is 8.59. The molecular formula is C19H28N2. The Labute approximate surface area is 128 Å². The molecule has 1 aromatic carbocycles. The highest BCUT2D eigenvalue weighted by Gasteiger charge is 2.30. The number of rotatable bonds is 5. The summed E-state index contributed by atoms with van der Waals surface area (Å²) in [4.78, 5) is 6.08. The Morgan fingerprint density at radius 3 is 2.62 bits per heavy atom. The molecule has 0 aliphatic heterocycles. The number of nitrogens with one attached hydrogen (secondary N) is 1. The van der Waals surface area contributed by atoms with Gasteiger partial charge in [0.15, 0.2) is 0 Å². The number of fused-ring (bicyclic) bond motifs is 3. The number of nitrogens with zero attached hydrogens (tertiary/aromatic N) is 1. The van der Waals surface area contributed by atoms with Crippen molar-refractivity contribution in [3.8, 4) is 0 Å². The van der Waals surface area contributed by atoms with Crippen LogP contribution in [0.2, 0.25) is 0 Å². The van der Waals surface area contributed by atoms with Crippen LogP contribution < -0.4 is 0 Å². The van der Waals surface area contributed by atoms with Gasteiger partial charge in [-0.1, -0.05) is 26.8 Å². The third-order valence-electron chi connectivity index (χ3n) is 5.13. The van der Waals surface area contributed by atoms with Crippen molar-refractivity contribution in [2.75, 3.05) is 13.1 Å². The van der Waals surface area contributed by atoms with Gasteiger partial charge in [0.05, 0.1) is 0 Å². The topological polar surface area (TPSA) is 19.0 Å². The van der Waals surface area contributed by atoms with Crippen LogP contribution in [0, 0.1) is 0 Å². The Balaban J connectivity index is 1.92. The summed E-state index contributed by atoms with van der Waals surface area (Å²) >= 11 is 0. The molecule has 0 bridgehead atoms. The fraction of sp³-hybridized carbons (Fsp3) is 0.579. The standard InChI is InChI=1S/C19H28N2/c1-4-12-21(13-5-2)19-9-7-16-15(14(19)3)6-8-18-17(16)10-11-20-18/h6,8,10-11,14,19-20H,4-5,7,9,12-13H2,1-3H3. The van der Waals surface area contributed by atoms with Gasteiger partial charge in [-0.25, -0.2) is 0 Å². The van der Waals surface area contributed by atoms with E-state index in [2.05, 4.69) is 55.1 Å². The van der Waals surface area contributed by atoms with E-state index >= 15 is 0 Å². The molecule has 1 heterocycles. The molecule has 0 saturated heterocycles. The van der Waals surface area contributed by atoms with Gasteiger partial charge in [-0.2, -0.15) is 0 Å². The highest BCUT2D eigenvalue weighted by molar-refractivity contribution is 5.84. The molecule has 1 aromatic heterocycles. The molecule has 0 radical (unpaired) electrons. The van der Waals surface area contributed by atoms with E-state index in [-0.39, 0.29) is 0 Å². The number of aromatic nitrogens is 1. The van der Waals surface area contributed by atoms with E-state index < -0.39 is 0 Å². The van der Waals surface area contributed by atoms with Gasteiger partial charge in [-0.05, 0) is 68.0 Å². The van der Waals surface area contributed by atoms with E-state index in [9.17, 15) is 0 Å². The first-order valence-corrected chi connectivity index (χ1v) is 8.59. The summed E-state index contributed by atoms with van der Waals surface area (Å²) in [6.45, 7) is 9.51. The average Bonchev–Trinajstić information content (AvgIpc) is 2.96. The average molecular weight is 284 g/mol. The Kier molecular flexibility index (Phi) is 4.34. The Bertz CT molecular complexity index is 593. The molecule has 2 heteroatoms. The fourth-order valence-electron chi connectivity index (χ4n) is 4.18. The Morgan fingerprint density at radius 2 is 1.90 bits per heavy atom. The zero-order chi connectivity index (χ0) is 14.8. The highest BCUT2D eigenvalue weighted by atomic mass is 15.2. The highest BCUT2D eigenvalue weighted by Crippen LogP contribution is 2.38. The van der Waals surface area contributed by atoms with Crippen LogP contribution in [-0.4, -0.2) is 29.0 Å². The van der Waals surface area contributed by atoms with Crippen molar-refractivity contribution in [2.45, 2.75) is 58.4 Å². The summed E-state index contributed by atoms with van der Waals surface area (Å²) in [7, 11) is 0. The van der Waals surface area contributed by atoms with Crippen LogP contribution in [-0.2, 0) is 6.42 Å². The minimum Gasteiger partial charge on any atom is -0.361 e. The van der Waals surface area contributed by atoms with E-state index in [0.29, 0.717) is 12.0 Å². The second-order valence-corrected chi connectivity index (χ2v) is 6.50. The van der Waals surface area contributed by atoms with E-state index in [1.54, 1.807) is 11.1 Å². The predicted octanol–water partition coefficient (Wildman–Crippen LogP) is 4.71. The van der Waals surface area contributed by atoms with Crippen molar-refractivity contribution >= 4 is 10.9 Å². The van der Waals surface area contributed by atoms with Crippen LogP contribution >= 0.6 is 0 Å². The van der Waals surface area contributed by atoms with Crippen LogP contribution in [0.5, 0.6) is 0 Å². The van der Waals surface area contributed by atoms with Gasteiger partial charge in [-0.3, -0.25) is 4.90 Å². The molecule has 2 unspecified atom stereocenters. The lowest BCUT2D eigenvalue weighted by molar-refractivity contribution is 0.159. The second kappa shape index (κ2) is 6.23. The van der Waals surface area contributed by atoms with Gasteiger partial charge in [0, 0.05) is 23.1 Å². The van der Waals surface area contributed by atoms with Crippen molar-refractivity contribution < 1.29 is 0 Å². The third kappa shape index (κ3) is 2.62. The van der Waals surface area contributed by atoms with Crippen molar-refractivity contribution in [1.82, 2.24) is 9.88 Å². The number of aryl methyl sites for hydroxylation is 1. The lowest BCUT2D eigenvalue weighted by Gasteiger charge is -2.40. The minimum absolute atomic E-state index is 0.645. The normalized spacial score (nSPS) is 21.9. The summed E-state index contributed by atoms with van der Waals surface area (Å²) in [5.41, 5.74) is 4.46. The van der Waals surface area contributed by atoms with E-state index in [1.165, 1.54) is 49.7 Å². The molecule has 1 N–H and O–H groups in total. The zero-order valence-electron chi connectivity index (χ0n) is 13.7. The lowest BCUT2D eigenvalue weighted by Crippen LogP contribution is -2.42.